The number of ether oxygens (including phenoxy) is 1. The van der Waals surface area contributed by atoms with Crippen molar-refractivity contribution in [3.8, 4) is 78.3 Å². The number of fused-ring (bicyclic) bond motifs is 24. The standard InChI is InChI=1S/C70H45NO2/c1-69(2)57-25-11-5-20-49(57)50-35-32-44(41-62(50)69)71(42-31-34-47-51-21-8-14-28-63(51)72-64-29-15-9-22-52(64)55(47)39-42)43-33-36-60-56(40-43)46-18-4-3-17-45(46)48-19-6-12-26-58(48)70(60)59-27-13-7-23-53(59)67-61(70)37-38-66-68(67)54-24-10-16-30-65(54)73-66/h3-41H,1-2H3. The molecule has 16 rings (SSSR count). The molecule has 3 heteroatoms. The summed E-state index contributed by atoms with van der Waals surface area (Å²) in [4.78, 5) is 2.49. The Kier molecular flexibility index (Phi) is 8.16. The van der Waals surface area contributed by atoms with E-state index in [-0.39, 0.29) is 5.41 Å². The lowest BCUT2D eigenvalue weighted by molar-refractivity contribution is 0.488. The summed E-state index contributed by atoms with van der Waals surface area (Å²) >= 11 is 0. The van der Waals surface area contributed by atoms with Crippen LogP contribution in [-0.4, -0.2) is 0 Å². The number of anilines is 3. The van der Waals surface area contributed by atoms with Gasteiger partial charge < -0.3 is 14.1 Å². The minimum absolute atomic E-state index is 0.193. The van der Waals surface area contributed by atoms with E-state index in [2.05, 4.69) is 255 Å². The van der Waals surface area contributed by atoms with E-state index >= 15 is 0 Å². The average Bonchev–Trinajstić information content (AvgIpc) is 4.06. The highest BCUT2D eigenvalue weighted by molar-refractivity contribution is 6.16. The number of rotatable bonds is 3. The minimum Gasteiger partial charge on any atom is -0.456 e. The minimum atomic E-state index is -0.669. The van der Waals surface area contributed by atoms with Crippen LogP contribution < -0.4 is 9.64 Å². The molecule has 0 fully saturated rings. The van der Waals surface area contributed by atoms with Gasteiger partial charge in [-0.1, -0.05) is 190 Å². The molecule has 1 aliphatic heterocycles. The first-order valence-corrected chi connectivity index (χ1v) is 25.4. The second kappa shape index (κ2) is 14.7. The fraction of sp³-hybridized carbons (Fsp3) is 0.0571. The molecule has 1 atom stereocenters. The van der Waals surface area contributed by atoms with Gasteiger partial charge in [0.25, 0.3) is 0 Å². The van der Waals surface area contributed by atoms with Crippen LogP contribution in [0.3, 0.4) is 0 Å². The molecule has 0 N–H and O–H groups in total. The zero-order valence-electron chi connectivity index (χ0n) is 40.3. The Labute approximate surface area is 423 Å². The number of hydrogen-bond donors (Lipinski definition) is 0. The number of hydrogen-bond acceptors (Lipinski definition) is 3. The monoisotopic (exact) mass is 931 g/mol. The van der Waals surface area contributed by atoms with Crippen molar-refractivity contribution in [3.05, 3.63) is 270 Å². The Hall–Kier alpha value is -9.18. The van der Waals surface area contributed by atoms with Crippen LogP contribution in [0.1, 0.15) is 47.2 Å². The van der Waals surface area contributed by atoms with Gasteiger partial charge in [0, 0.05) is 44.4 Å². The van der Waals surface area contributed by atoms with E-state index in [1.807, 2.05) is 0 Å². The van der Waals surface area contributed by atoms with Gasteiger partial charge in [-0.25, -0.2) is 0 Å². The first kappa shape index (κ1) is 40.5. The number of benzene rings is 11. The molecule has 11 aromatic carbocycles. The van der Waals surface area contributed by atoms with Gasteiger partial charge >= 0.3 is 0 Å². The van der Waals surface area contributed by atoms with E-state index in [0.717, 1.165) is 67.4 Å². The van der Waals surface area contributed by atoms with Gasteiger partial charge in [0.05, 0.1) is 5.41 Å². The predicted octanol–water partition coefficient (Wildman–Crippen LogP) is 18.8. The van der Waals surface area contributed by atoms with E-state index in [4.69, 9.17) is 9.15 Å². The molecular weight excluding hydrogens is 887 g/mol. The first-order valence-electron chi connectivity index (χ1n) is 25.4. The van der Waals surface area contributed by atoms with Crippen molar-refractivity contribution in [3.63, 3.8) is 0 Å². The van der Waals surface area contributed by atoms with Crippen LogP contribution in [0.4, 0.5) is 17.1 Å². The van der Waals surface area contributed by atoms with Crippen molar-refractivity contribution < 1.29 is 9.15 Å². The third-order valence-corrected chi connectivity index (χ3v) is 16.7. The molecule has 0 saturated heterocycles. The van der Waals surface area contributed by atoms with Crippen molar-refractivity contribution in [1.29, 1.82) is 0 Å². The van der Waals surface area contributed by atoms with Crippen LogP contribution in [0.15, 0.2) is 241 Å². The molecule has 73 heavy (non-hydrogen) atoms. The summed E-state index contributed by atoms with van der Waals surface area (Å²) in [5, 5.41) is 2.30. The van der Waals surface area contributed by atoms with Crippen LogP contribution in [0, 0.1) is 0 Å². The molecule has 1 unspecified atom stereocenters. The van der Waals surface area contributed by atoms with Gasteiger partial charge in [0.2, 0.25) is 0 Å². The maximum Gasteiger partial charge on any atom is 0.136 e. The van der Waals surface area contributed by atoms with Gasteiger partial charge in [0.15, 0.2) is 0 Å². The summed E-state index contributed by atoms with van der Waals surface area (Å²) in [6.45, 7) is 4.74. The van der Waals surface area contributed by atoms with Gasteiger partial charge in [-0.3, -0.25) is 0 Å². The summed E-state index contributed by atoms with van der Waals surface area (Å²) in [7, 11) is 0. The van der Waals surface area contributed by atoms with Crippen molar-refractivity contribution >= 4 is 39.0 Å². The Morgan fingerprint density at radius 3 is 1.52 bits per heavy atom. The van der Waals surface area contributed by atoms with E-state index in [1.165, 1.54) is 83.3 Å². The molecular formula is C70H45NO2. The van der Waals surface area contributed by atoms with Crippen molar-refractivity contribution in [2.75, 3.05) is 4.90 Å². The van der Waals surface area contributed by atoms with Crippen LogP contribution >= 0.6 is 0 Å². The highest BCUT2D eigenvalue weighted by atomic mass is 16.5. The van der Waals surface area contributed by atoms with Gasteiger partial charge in [-0.2, -0.15) is 0 Å². The highest BCUT2D eigenvalue weighted by Crippen LogP contribution is 2.64. The lowest BCUT2D eigenvalue weighted by Crippen LogP contribution is -2.29. The second-order valence-corrected chi connectivity index (χ2v) is 20.6. The molecule has 4 aliphatic rings. The number of furan rings is 1. The van der Waals surface area contributed by atoms with Crippen LogP contribution in [0.25, 0.3) is 88.7 Å². The maximum absolute atomic E-state index is 6.71. The molecule has 3 nitrogen and oxygen atoms in total. The maximum atomic E-state index is 6.71. The number of para-hydroxylation sites is 3. The third-order valence-electron chi connectivity index (χ3n) is 16.7. The largest absolute Gasteiger partial charge is 0.456 e. The van der Waals surface area contributed by atoms with Crippen LogP contribution in [-0.2, 0) is 10.8 Å². The van der Waals surface area contributed by atoms with E-state index in [1.54, 1.807) is 0 Å². The van der Waals surface area contributed by atoms with E-state index in [9.17, 15) is 0 Å². The average molecular weight is 932 g/mol. The molecule has 3 aliphatic carbocycles. The molecule has 1 aromatic heterocycles. The summed E-state index contributed by atoms with van der Waals surface area (Å²) in [6.07, 6.45) is 0. The quantitative estimate of drug-likeness (QED) is 0.177. The fourth-order valence-electron chi connectivity index (χ4n) is 13.6. The molecule has 12 aromatic rings. The van der Waals surface area contributed by atoms with Crippen LogP contribution in [0.2, 0.25) is 0 Å². The molecule has 0 saturated carbocycles. The van der Waals surface area contributed by atoms with E-state index in [0.29, 0.717) is 0 Å². The Balaban J connectivity index is 0.996. The number of nitrogens with zero attached hydrogens (tertiary/aromatic N) is 1. The van der Waals surface area contributed by atoms with Crippen LogP contribution in [0.5, 0.6) is 11.5 Å². The Morgan fingerprint density at radius 1 is 0.315 bits per heavy atom. The normalized spacial score (nSPS) is 15.5. The summed E-state index contributed by atoms with van der Waals surface area (Å²) in [5.74, 6) is 1.70. The fourth-order valence-corrected chi connectivity index (χ4v) is 13.6. The third kappa shape index (κ3) is 5.38. The summed E-state index contributed by atoms with van der Waals surface area (Å²) in [5.41, 5.74) is 26.3. The predicted molar refractivity (Wildman–Crippen MR) is 299 cm³/mol. The lowest BCUT2D eigenvalue weighted by atomic mass is 9.66. The highest BCUT2D eigenvalue weighted by Gasteiger charge is 2.51. The summed E-state index contributed by atoms with van der Waals surface area (Å²) < 4.78 is 13.3. The second-order valence-electron chi connectivity index (χ2n) is 20.6. The molecule has 342 valence electrons. The zero-order valence-corrected chi connectivity index (χ0v) is 40.3. The van der Waals surface area contributed by atoms with Gasteiger partial charge in [-0.15, -0.1) is 0 Å². The SMILES string of the molecule is CC1(C)c2ccccc2-c2ccc(N(c3ccc4c(c3)-c3ccccc3Oc3ccccc3-4)c3ccc4c(c3)-c3ccccc3-c3ccccc3C43c4ccccc4-c4c3ccc3oc5ccccc5c43)cc21. The van der Waals surface area contributed by atoms with E-state index < -0.39 is 5.41 Å². The first-order chi connectivity index (χ1) is 36.0. The molecule has 2 heterocycles. The molecule has 0 amide bonds. The van der Waals surface area contributed by atoms with Gasteiger partial charge in [0.1, 0.15) is 22.7 Å². The van der Waals surface area contributed by atoms with Crippen molar-refractivity contribution in [1.82, 2.24) is 0 Å². The molecule has 0 bridgehead atoms. The molecule has 0 radical (unpaired) electrons. The smallest absolute Gasteiger partial charge is 0.136 e. The lowest BCUT2D eigenvalue weighted by Gasteiger charge is -2.36. The molecule has 1 spiro atoms. The Bertz CT molecular complexity index is 4360. The zero-order chi connectivity index (χ0) is 48.2. The Morgan fingerprint density at radius 2 is 0.781 bits per heavy atom. The van der Waals surface area contributed by atoms with Crippen molar-refractivity contribution in [2.24, 2.45) is 0 Å². The summed E-state index contributed by atoms with van der Waals surface area (Å²) in [6, 6.07) is 87.6. The van der Waals surface area contributed by atoms with Crippen molar-refractivity contribution in [2.45, 2.75) is 24.7 Å². The topological polar surface area (TPSA) is 25.6 Å². The van der Waals surface area contributed by atoms with Gasteiger partial charge in [-0.05, 0) is 150 Å².